The van der Waals surface area contributed by atoms with Crippen LogP contribution < -0.4 is 10.2 Å². The number of ether oxygens (including phenoxy) is 1. The number of para-hydroxylation sites is 1. The molecule has 0 unspecified atom stereocenters. The summed E-state index contributed by atoms with van der Waals surface area (Å²) in [6.45, 7) is 0.921. The van der Waals surface area contributed by atoms with Crippen molar-refractivity contribution in [3.63, 3.8) is 0 Å². The van der Waals surface area contributed by atoms with Crippen LogP contribution in [0, 0.1) is 16.0 Å². The minimum Gasteiger partial charge on any atom is -0.497 e. The van der Waals surface area contributed by atoms with Crippen LogP contribution in [0.5, 0.6) is 5.75 Å². The number of carbonyl (C=O) groups is 2. The highest BCUT2D eigenvalue weighted by molar-refractivity contribution is 5.95. The van der Waals surface area contributed by atoms with Gasteiger partial charge in [0, 0.05) is 30.6 Å². The van der Waals surface area contributed by atoms with E-state index in [0.29, 0.717) is 42.8 Å². The lowest BCUT2D eigenvalue weighted by atomic mass is 9.95. The van der Waals surface area contributed by atoms with Gasteiger partial charge in [0.1, 0.15) is 5.75 Å². The molecule has 9 heteroatoms. The van der Waals surface area contributed by atoms with Crippen molar-refractivity contribution in [2.75, 3.05) is 20.2 Å². The number of piperidine rings is 1. The average molecular weight is 410 g/mol. The summed E-state index contributed by atoms with van der Waals surface area (Å²) >= 11 is 0. The largest absolute Gasteiger partial charge is 0.497 e. The summed E-state index contributed by atoms with van der Waals surface area (Å²) in [5.74, 6) is -0.0191. The Labute approximate surface area is 173 Å². The molecule has 1 N–H and O–H groups in total. The molecule has 1 fully saturated rings. The van der Waals surface area contributed by atoms with Crippen molar-refractivity contribution < 1.29 is 19.2 Å². The molecule has 9 nitrogen and oxygen atoms in total. The predicted octanol–water partition coefficient (Wildman–Crippen LogP) is 2.61. The summed E-state index contributed by atoms with van der Waals surface area (Å²) in [5.41, 5.74) is 3.22. The first-order valence-electron chi connectivity index (χ1n) is 9.49. The number of hydrogen-bond acceptors (Lipinski definition) is 6. The van der Waals surface area contributed by atoms with Crippen molar-refractivity contribution in [3.05, 3.63) is 69.8 Å². The molecule has 1 saturated heterocycles. The monoisotopic (exact) mass is 410 g/mol. The Kier molecular flexibility index (Phi) is 6.74. The number of nitro groups is 1. The molecular weight excluding hydrogens is 388 g/mol. The molecule has 2 aromatic rings. The van der Waals surface area contributed by atoms with Crippen molar-refractivity contribution in [3.8, 4) is 5.75 Å². The van der Waals surface area contributed by atoms with Crippen LogP contribution in [0.25, 0.3) is 0 Å². The molecule has 0 bridgehead atoms. The lowest BCUT2D eigenvalue weighted by Crippen LogP contribution is -2.42. The Hall–Kier alpha value is -3.75. The smallest absolute Gasteiger partial charge is 0.278 e. The molecule has 0 aliphatic carbocycles. The van der Waals surface area contributed by atoms with Gasteiger partial charge in [0.05, 0.1) is 23.8 Å². The summed E-state index contributed by atoms with van der Waals surface area (Å²) in [4.78, 5) is 37.2. The predicted molar refractivity (Wildman–Crippen MR) is 110 cm³/mol. The van der Waals surface area contributed by atoms with Crippen molar-refractivity contribution in [2.24, 2.45) is 11.0 Å². The average Bonchev–Trinajstić information content (AvgIpc) is 2.78. The maximum absolute atomic E-state index is 12.7. The van der Waals surface area contributed by atoms with Crippen LogP contribution in [0.1, 0.15) is 28.8 Å². The Bertz CT molecular complexity index is 967. The van der Waals surface area contributed by atoms with Gasteiger partial charge in [-0.25, -0.2) is 5.43 Å². The molecule has 1 aliphatic heterocycles. The molecular formula is C21H22N4O5. The molecule has 156 valence electrons. The van der Waals surface area contributed by atoms with E-state index < -0.39 is 4.92 Å². The standard InChI is InChI=1S/C21H22N4O5/c1-30-18-7-4-6-16(13-18)21(27)24-11-9-15(10-12-24)20(26)23-22-14-17-5-2-3-8-19(17)25(28)29/h2-8,13-15H,9-12H2,1H3,(H,23,26)/b22-14-. The minimum atomic E-state index is -0.502. The van der Waals surface area contributed by atoms with Crippen LogP contribution in [-0.4, -0.2) is 48.1 Å². The fraction of sp³-hybridized carbons (Fsp3) is 0.286. The van der Waals surface area contributed by atoms with Crippen LogP contribution in [0.2, 0.25) is 0 Å². The van der Waals surface area contributed by atoms with Crippen LogP contribution in [0.4, 0.5) is 5.69 Å². The van der Waals surface area contributed by atoms with Gasteiger partial charge in [-0.3, -0.25) is 19.7 Å². The number of amides is 2. The lowest BCUT2D eigenvalue weighted by molar-refractivity contribution is -0.385. The molecule has 0 aromatic heterocycles. The normalized spacial score (nSPS) is 14.5. The van der Waals surface area contributed by atoms with Gasteiger partial charge < -0.3 is 9.64 Å². The first-order chi connectivity index (χ1) is 14.5. The van der Waals surface area contributed by atoms with Crippen molar-refractivity contribution >= 4 is 23.7 Å². The second kappa shape index (κ2) is 9.64. The van der Waals surface area contributed by atoms with Crippen molar-refractivity contribution in [2.45, 2.75) is 12.8 Å². The highest BCUT2D eigenvalue weighted by Gasteiger charge is 2.28. The number of rotatable bonds is 6. The highest BCUT2D eigenvalue weighted by atomic mass is 16.6. The van der Waals surface area contributed by atoms with E-state index >= 15 is 0 Å². The van der Waals surface area contributed by atoms with Gasteiger partial charge in [-0.1, -0.05) is 18.2 Å². The summed E-state index contributed by atoms with van der Waals surface area (Å²) in [6.07, 6.45) is 2.29. The third kappa shape index (κ3) is 4.99. The van der Waals surface area contributed by atoms with E-state index in [2.05, 4.69) is 10.5 Å². The van der Waals surface area contributed by atoms with Crippen LogP contribution >= 0.6 is 0 Å². The fourth-order valence-electron chi connectivity index (χ4n) is 3.30. The number of methoxy groups -OCH3 is 1. The first kappa shape index (κ1) is 21.0. The summed E-state index contributed by atoms with van der Waals surface area (Å²) in [6, 6.07) is 13.1. The number of hydrazone groups is 1. The minimum absolute atomic E-state index is 0.0835. The Morgan fingerprint density at radius 2 is 1.93 bits per heavy atom. The van der Waals surface area contributed by atoms with Gasteiger partial charge in [0.15, 0.2) is 0 Å². The van der Waals surface area contributed by atoms with E-state index in [1.54, 1.807) is 54.5 Å². The van der Waals surface area contributed by atoms with Crippen molar-refractivity contribution in [1.82, 2.24) is 10.3 Å². The molecule has 0 atom stereocenters. The third-order valence-corrected chi connectivity index (χ3v) is 4.98. The zero-order chi connectivity index (χ0) is 21.5. The number of hydrogen-bond donors (Lipinski definition) is 1. The number of nitro benzene ring substituents is 1. The highest BCUT2D eigenvalue weighted by Crippen LogP contribution is 2.21. The maximum Gasteiger partial charge on any atom is 0.278 e. The lowest BCUT2D eigenvalue weighted by Gasteiger charge is -2.31. The third-order valence-electron chi connectivity index (χ3n) is 4.98. The first-order valence-corrected chi connectivity index (χ1v) is 9.49. The molecule has 0 saturated carbocycles. The number of carbonyl (C=O) groups excluding carboxylic acids is 2. The maximum atomic E-state index is 12.7. The van der Waals surface area contributed by atoms with Gasteiger partial charge in [-0.2, -0.15) is 5.10 Å². The molecule has 30 heavy (non-hydrogen) atoms. The van der Waals surface area contributed by atoms with Crippen LogP contribution in [0.15, 0.2) is 53.6 Å². The fourth-order valence-corrected chi connectivity index (χ4v) is 3.30. The molecule has 0 spiro atoms. The Morgan fingerprint density at radius 3 is 2.63 bits per heavy atom. The Balaban J connectivity index is 1.53. The number of benzene rings is 2. The second-order valence-corrected chi connectivity index (χ2v) is 6.85. The molecule has 0 radical (unpaired) electrons. The number of nitrogens with one attached hydrogen (secondary N) is 1. The van der Waals surface area contributed by atoms with Crippen LogP contribution in [-0.2, 0) is 4.79 Å². The van der Waals surface area contributed by atoms with E-state index in [0.717, 1.165) is 0 Å². The molecule has 2 amide bonds. The summed E-state index contributed by atoms with van der Waals surface area (Å²) in [5, 5.41) is 14.9. The Morgan fingerprint density at radius 1 is 1.20 bits per heavy atom. The van der Waals surface area contributed by atoms with E-state index in [1.165, 1.54) is 12.3 Å². The number of nitrogens with zero attached hydrogens (tertiary/aromatic N) is 3. The second-order valence-electron chi connectivity index (χ2n) is 6.85. The van der Waals surface area contributed by atoms with Gasteiger partial charge in [-0.15, -0.1) is 0 Å². The van der Waals surface area contributed by atoms with Gasteiger partial charge >= 0.3 is 0 Å². The molecule has 2 aromatic carbocycles. The van der Waals surface area contributed by atoms with Gasteiger partial charge in [0.2, 0.25) is 5.91 Å². The zero-order valence-electron chi connectivity index (χ0n) is 16.5. The molecule has 1 aliphatic rings. The van der Waals surface area contributed by atoms with Gasteiger partial charge in [-0.05, 0) is 37.1 Å². The summed E-state index contributed by atoms with van der Waals surface area (Å²) < 4.78 is 5.16. The number of likely N-dealkylation sites (tertiary alicyclic amines) is 1. The van der Waals surface area contributed by atoms with E-state index in [9.17, 15) is 19.7 Å². The zero-order valence-corrected chi connectivity index (χ0v) is 16.5. The molecule has 1 heterocycles. The van der Waals surface area contributed by atoms with E-state index in [1.807, 2.05) is 0 Å². The summed E-state index contributed by atoms with van der Waals surface area (Å²) in [7, 11) is 1.55. The van der Waals surface area contributed by atoms with Gasteiger partial charge in [0.25, 0.3) is 11.6 Å². The van der Waals surface area contributed by atoms with Crippen molar-refractivity contribution in [1.29, 1.82) is 0 Å². The van der Waals surface area contributed by atoms with Crippen LogP contribution in [0.3, 0.4) is 0 Å². The SMILES string of the molecule is COc1cccc(C(=O)N2CCC(C(=O)N/N=C\c3ccccc3[N+](=O)[O-])CC2)c1. The molecule has 3 rings (SSSR count). The quantitative estimate of drug-likeness (QED) is 0.447. The van der Waals surface area contributed by atoms with E-state index in [4.69, 9.17) is 4.74 Å². The van der Waals surface area contributed by atoms with E-state index in [-0.39, 0.29) is 23.4 Å². The topological polar surface area (TPSA) is 114 Å².